The SMILES string of the molecule is Nc1cc(S(=O)(=O)c2c(-c3ccccc3)[nH]c3ccccc23)ccc1Cl. The maximum Gasteiger partial charge on any atom is 0.209 e. The van der Waals surface area contributed by atoms with Crippen LogP contribution in [0.1, 0.15) is 0 Å². The van der Waals surface area contributed by atoms with Gasteiger partial charge in [-0.05, 0) is 29.8 Å². The highest BCUT2D eigenvalue weighted by Gasteiger charge is 2.27. The van der Waals surface area contributed by atoms with Gasteiger partial charge >= 0.3 is 0 Å². The summed E-state index contributed by atoms with van der Waals surface area (Å²) in [5.41, 5.74) is 8.17. The number of para-hydroxylation sites is 1. The van der Waals surface area contributed by atoms with Gasteiger partial charge < -0.3 is 10.7 Å². The van der Waals surface area contributed by atoms with Crippen LogP contribution in [0.5, 0.6) is 0 Å². The van der Waals surface area contributed by atoms with Gasteiger partial charge in [-0.3, -0.25) is 0 Å². The Balaban J connectivity index is 2.05. The molecule has 0 saturated heterocycles. The number of rotatable bonds is 3. The molecule has 3 N–H and O–H groups in total. The third-order valence-corrected chi connectivity index (χ3v) is 6.45. The summed E-state index contributed by atoms with van der Waals surface area (Å²) in [5.74, 6) is 0. The lowest BCUT2D eigenvalue weighted by atomic mass is 10.1. The van der Waals surface area contributed by atoms with E-state index in [9.17, 15) is 8.42 Å². The van der Waals surface area contributed by atoms with E-state index in [0.717, 1.165) is 11.1 Å². The fourth-order valence-electron chi connectivity index (χ4n) is 3.01. The molecule has 0 spiro atoms. The average molecular weight is 383 g/mol. The van der Waals surface area contributed by atoms with E-state index in [0.29, 0.717) is 16.1 Å². The predicted octanol–water partition coefficient (Wildman–Crippen LogP) is 4.90. The Hall–Kier alpha value is -2.76. The first-order chi connectivity index (χ1) is 12.5. The second-order valence-corrected chi connectivity index (χ2v) is 8.22. The average Bonchev–Trinajstić information content (AvgIpc) is 3.05. The Morgan fingerprint density at radius 3 is 2.31 bits per heavy atom. The lowest BCUT2D eigenvalue weighted by molar-refractivity contribution is 0.597. The standard InChI is InChI=1S/C20H15ClN2O2S/c21-16-11-10-14(12-17(16)22)26(24,25)20-15-8-4-5-9-18(15)23-19(20)13-6-2-1-3-7-13/h1-12,23H,22H2. The molecular weight excluding hydrogens is 368 g/mol. The number of H-pyrrole nitrogens is 1. The lowest BCUT2D eigenvalue weighted by Gasteiger charge is -2.09. The minimum Gasteiger partial charge on any atom is -0.397 e. The van der Waals surface area contributed by atoms with E-state index in [-0.39, 0.29) is 15.5 Å². The molecule has 0 aliphatic carbocycles. The van der Waals surface area contributed by atoms with E-state index in [1.165, 1.54) is 18.2 Å². The van der Waals surface area contributed by atoms with Crippen molar-refractivity contribution in [2.45, 2.75) is 9.79 Å². The van der Waals surface area contributed by atoms with Gasteiger partial charge in [0, 0.05) is 10.9 Å². The molecule has 0 unspecified atom stereocenters. The molecular formula is C20H15ClN2O2S. The number of sulfone groups is 1. The van der Waals surface area contributed by atoms with E-state index < -0.39 is 9.84 Å². The Morgan fingerprint density at radius 2 is 1.58 bits per heavy atom. The number of hydrogen-bond acceptors (Lipinski definition) is 3. The number of hydrogen-bond donors (Lipinski definition) is 2. The van der Waals surface area contributed by atoms with Crippen molar-refractivity contribution in [2.75, 3.05) is 5.73 Å². The van der Waals surface area contributed by atoms with Gasteiger partial charge in [0.2, 0.25) is 9.84 Å². The fraction of sp³-hybridized carbons (Fsp3) is 0. The lowest BCUT2D eigenvalue weighted by Crippen LogP contribution is -2.04. The van der Waals surface area contributed by atoms with E-state index >= 15 is 0 Å². The number of fused-ring (bicyclic) bond motifs is 1. The first-order valence-electron chi connectivity index (χ1n) is 7.95. The molecule has 6 heteroatoms. The maximum atomic E-state index is 13.4. The van der Waals surface area contributed by atoms with Gasteiger partial charge in [-0.2, -0.15) is 0 Å². The van der Waals surface area contributed by atoms with Crippen LogP contribution in [0.4, 0.5) is 5.69 Å². The van der Waals surface area contributed by atoms with Gasteiger partial charge in [0.25, 0.3) is 0 Å². The molecule has 0 atom stereocenters. The summed E-state index contributed by atoms with van der Waals surface area (Å²) in [7, 11) is -3.81. The molecule has 1 heterocycles. The van der Waals surface area contributed by atoms with Crippen LogP contribution in [-0.2, 0) is 9.84 Å². The fourth-order valence-corrected chi connectivity index (χ4v) is 4.80. The highest BCUT2D eigenvalue weighted by Crippen LogP contribution is 2.38. The molecule has 4 nitrogen and oxygen atoms in total. The number of halogens is 1. The van der Waals surface area contributed by atoms with Crippen molar-refractivity contribution in [1.82, 2.24) is 4.98 Å². The van der Waals surface area contributed by atoms with Crippen molar-refractivity contribution in [3.63, 3.8) is 0 Å². The van der Waals surface area contributed by atoms with Crippen LogP contribution in [0.15, 0.2) is 82.6 Å². The summed E-state index contributed by atoms with van der Waals surface area (Å²) in [5, 5.41) is 0.964. The number of nitrogens with one attached hydrogen (secondary N) is 1. The zero-order chi connectivity index (χ0) is 18.3. The molecule has 26 heavy (non-hydrogen) atoms. The zero-order valence-electron chi connectivity index (χ0n) is 13.6. The molecule has 3 aromatic carbocycles. The molecule has 0 fully saturated rings. The van der Waals surface area contributed by atoms with Crippen LogP contribution < -0.4 is 5.73 Å². The summed E-state index contributed by atoms with van der Waals surface area (Å²) in [6, 6.07) is 21.1. The molecule has 1 aromatic heterocycles. The Morgan fingerprint density at radius 1 is 0.885 bits per heavy atom. The molecule has 0 aliphatic heterocycles. The summed E-state index contributed by atoms with van der Waals surface area (Å²) in [6.45, 7) is 0. The van der Waals surface area contributed by atoms with Crippen molar-refractivity contribution in [3.05, 3.63) is 77.8 Å². The Bertz CT molecular complexity index is 1220. The molecule has 0 radical (unpaired) electrons. The third-order valence-electron chi connectivity index (χ3n) is 4.27. The number of nitrogen functional groups attached to an aromatic ring is 1. The van der Waals surface area contributed by atoms with Crippen molar-refractivity contribution in [2.24, 2.45) is 0 Å². The highest BCUT2D eigenvalue weighted by molar-refractivity contribution is 7.92. The van der Waals surface area contributed by atoms with Crippen LogP contribution in [-0.4, -0.2) is 13.4 Å². The van der Waals surface area contributed by atoms with Crippen molar-refractivity contribution in [1.29, 1.82) is 0 Å². The summed E-state index contributed by atoms with van der Waals surface area (Å²) >= 11 is 5.95. The second kappa shape index (κ2) is 6.20. The minimum atomic E-state index is -3.81. The van der Waals surface area contributed by atoms with E-state index in [4.69, 9.17) is 17.3 Å². The molecule has 130 valence electrons. The monoisotopic (exact) mass is 382 g/mol. The number of anilines is 1. The number of aromatic nitrogens is 1. The largest absolute Gasteiger partial charge is 0.397 e. The van der Waals surface area contributed by atoms with Gasteiger partial charge in [-0.1, -0.05) is 60.1 Å². The van der Waals surface area contributed by atoms with Gasteiger partial charge in [-0.25, -0.2) is 8.42 Å². The molecule has 0 aliphatic rings. The Labute approximate surface area is 156 Å². The van der Waals surface area contributed by atoms with E-state index in [1.54, 1.807) is 6.07 Å². The molecule has 0 saturated carbocycles. The zero-order valence-corrected chi connectivity index (χ0v) is 15.2. The smallest absolute Gasteiger partial charge is 0.209 e. The summed E-state index contributed by atoms with van der Waals surface area (Å²) in [6.07, 6.45) is 0. The van der Waals surface area contributed by atoms with Gasteiger partial charge in [0.05, 0.1) is 21.3 Å². The van der Waals surface area contributed by atoms with Crippen LogP contribution in [0.3, 0.4) is 0 Å². The highest BCUT2D eigenvalue weighted by atomic mass is 35.5. The number of nitrogens with two attached hydrogens (primary N) is 1. The Kier molecular flexibility index (Phi) is 3.98. The first-order valence-corrected chi connectivity index (χ1v) is 9.81. The van der Waals surface area contributed by atoms with Crippen LogP contribution in [0.2, 0.25) is 5.02 Å². The molecule has 4 rings (SSSR count). The van der Waals surface area contributed by atoms with Crippen molar-refractivity contribution in [3.8, 4) is 11.3 Å². The van der Waals surface area contributed by atoms with E-state index in [1.807, 2.05) is 48.5 Å². The third kappa shape index (κ3) is 2.66. The maximum absolute atomic E-state index is 13.4. The van der Waals surface area contributed by atoms with Crippen LogP contribution >= 0.6 is 11.6 Å². The first kappa shape index (κ1) is 16.7. The number of benzene rings is 3. The van der Waals surface area contributed by atoms with Crippen molar-refractivity contribution >= 4 is 38.0 Å². The number of aromatic amines is 1. The predicted molar refractivity (Wildman–Crippen MR) is 105 cm³/mol. The quantitative estimate of drug-likeness (QED) is 0.494. The summed E-state index contributed by atoms with van der Waals surface area (Å²) in [4.78, 5) is 3.60. The van der Waals surface area contributed by atoms with Gasteiger partial charge in [0.1, 0.15) is 4.90 Å². The molecule has 0 bridgehead atoms. The second-order valence-electron chi connectivity index (χ2n) is 5.93. The van der Waals surface area contributed by atoms with Crippen LogP contribution in [0.25, 0.3) is 22.2 Å². The van der Waals surface area contributed by atoms with Gasteiger partial charge in [-0.15, -0.1) is 0 Å². The topological polar surface area (TPSA) is 76.0 Å². The normalized spacial score (nSPS) is 11.7. The van der Waals surface area contributed by atoms with Gasteiger partial charge in [0.15, 0.2) is 0 Å². The summed E-state index contributed by atoms with van der Waals surface area (Å²) < 4.78 is 26.9. The van der Waals surface area contributed by atoms with E-state index in [2.05, 4.69) is 4.98 Å². The molecule has 4 aromatic rings. The molecule has 0 amide bonds. The van der Waals surface area contributed by atoms with Crippen molar-refractivity contribution < 1.29 is 8.42 Å². The minimum absolute atomic E-state index is 0.112. The van der Waals surface area contributed by atoms with Crippen LogP contribution in [0, 0.1) is 0 Å².